The van der Waals surface area contributed by atoms with Crippen molar-refractivity contribution in [2.75, 3.05) is 25.5 Å². The summed E-state index contributed by atoms with van der Waals surface area (Å²) in [5.74, 6) is 0.762. The molecule has 0 heterocycles. The van der Waals surface area contributed by atoms with E-state index in [-0.39, 0.29) is 11.5 Å². The summed E-state index contributed by atoms with van der Waals surface area (Å²) in [5, 5.41) is 0. The van der Waals surface area contributed by atoms with Gasteiger partial charge in [0.05, 0.1) is 11.5 Å². The number of sulfonamides is 1. The number of carbonyl (C=O) groups excluding carboxylic acids is 1. The number of ether oxygens (including phenoxy) is 2. The van der Waals surface area contributed by atoms with Crippen LogP contribution in [0.3, 0.4) is 0 Å². The van der Waals surface area contributed by atoms with Gasteiger partial charge >= 0.3 is 5.97 Å². The molecule has 0 saturated carbocycles. The highest BCUT2D eigenvalue weighted by Gasteiger charge is 2.12. The topological polar surface area (TPSA) is 81.7 Å². The van der Waals surface area contributed by atoms with Crippen molar-refractivity contribution in [3.05, 3.63) is 54.1 Å². The zero-order chi connectivity index (χ0) is 19.7. The van der Waals surface area contributed by atoms with E-state index in [1.165, 1.54) is 11.8 Å². The van der Waals surface area contributed by atoms with E-state index < -0.39 is 16.0 Å². The van der Waals surface area contributed by atoms with Crippen molar-refractivity contribution in [2.24, 2.45) is 0 Å². The second kappa shape index (κ2) is 10.3. The number of aryl methyl sites for hydroxylation is 1. The molecule has 0 aliphatic heterocycles. The third-order valence-corrected chi connectivity index (χ3v) is 5.97. The number of nitrogens with one attached hydrogen (secondary N) is 1. The van der Waals surface area contributed by atoms with E-state index in [1.54, 1.807) is 43.3 Å². The van der Waals surface area contributed by atoms with E-state index in [1.807, 2.05) is 19.1 Å². The van der Waals surface area contributed by atoms with Crippen LogP contribution in [0.15, 0.2) is 58.3 Å². The van der Waals surface area contributed by atoms with Gasteiger partial charge in [-0.05, 0) is 50.2 Å². The van der Waals surface area contributed by atoms with E-state index >= 15 is 0 Å². The summed E-state index contributed by atoms with van der Waals surface area (Å²) in [5.41, 5.74) is 1.01. The third kappa shape index (κ3) is 7.24. The zero-order valence-electron chi connectivity index (χ0n) is 15.3. The van der Waals surface area contributed by atoms with Gasteiger partial charge in [0.2, 0.25) is 10.0 Å². The lowest BCUT2D eigenvalue weighted by Crippen LogP contribution is -2.26. The molecule has 27 heavy (non-hydrogen) atoms. The lowest BCUT2D eigenvalue weighted by Gasteiger charge is -2.08. The van der Waals surface area contributed by atoms with Crippen molar-refractivity contribution in [1.82, 2.24) is 4.72 Å². The summed E-state index contributed by atoms with van der Waals surface area (Å²) in [4.78, 5) is 12.5. The summed E-state index contributed by atoms with van der Waals surface area (Å²) in [6, 6.07) is 14.0. The first-order chi connectivity index (χ1) is 12.9. The molecule has 8 heteroatoms. The van der Waals surface area contributed by atoms with Crippen molar-refractivity contribution in [2.45, 2.75) is 23.6 Å². The average Bonchev–Trinajstić information content (AvgIpc) is 2.65. The molecule has 0 aliphatic carbocycles. The SMILES string of the molecule is CCOC(=O)COc1ccc(SCCNS(=O)(=O)c2ccc(C)cc2)cc1. The Kier molecular flexibility index (Phi) is 8.15. The molecule has 0 bridgehead atoms. The van der Waals surface area contributed by atoms with Gasteiger partial charge in [-0.2, -0.15) is 0 Å². The smallest absolute Gasteiger partial charge is 0.344 e. The van der Waals surface area contributed by atoms with Crippen LogP contribution >= 0.6 is 11.8 Å². The average molecular weight is 410 g/mol. The summed E-state index contributed by atoms with van der Waals surface area (Å²) in [6.45, 7) is 4.17. The van der Waals surface area contributed by atoms with Gasteiger partial charge in [-0.3, -0.25) is 0 Å². The summed E-state index contributed by atoms with van der Waals surface area (Å²) in [7, 11) is -3.49. The number of benzene rings is 2. The highest BCUT2D eigenvalue weighted by atomic mass is 32.2. The molecule has 0 aliphatic rings. The van der Waals surface area contributed by atoms with Crippen LogP contribution in [-0.4, -0.2) is 39.9 Å². The predicted octanol–water partition coefficient (Wildman–Crippen LogP) is 3.01. The molecule has 1 N–H and O–H groups in total. The van der Waals surface area contributed by atoms with Crippen molar-refractivity contribution >= 4 is 27.8 Å². The number of carbonyl (C=O) groups is 1. The zero-order valence-corrected chi connectivity index (χ0v) is 16.9. The Hall–Kier alpha value is -2.03. The fourth-order valence-corrected chi connectivity index (χ4v) is 4.05. The molecule has 2 rings (SSSR count). The number of thioether (sulfide) groups is 1. The summed E-state index contributed by atoms with van der Waals surface area (Å²) < 4.78 is 37.1. The highest BCUT2D eigenvalue weighted by Crippen LogP contribution is 2.21. The van der Waals surface area contributed by atoms with Crippen molar-refractivity contribution in [3.8, 4) is 5.75 Å². The third-order valence-electron chi connectivity index (χ3n) is 3.48. The first kappa shape index (κ1) is 21.3. The van der Waals surface area contributed by atoms with Gasteiger partial charge in [0, 0.05) is 17.2 Å². The molecule has 2 aromatic rings. The number of esters is 1. The van der Waals surface area contributed by atoms with Gasteiger partial charge in [0.1, 0.15) is 5.75 Å². The number of rotatable bonds is 10. The molecule has 0 fully saturated rings. The molecule has 0 unspecified atom stereocenters. The minimum absolute atomic E-state index is 0.124. The first-order valence-electron chi connectivity index (χ1n) is 8.48. The van der Waals surface area contributed by atoms with Gasteiger partial charge in [-0.25, -0.2) is 17.9 Å². The van der Waals surface area contributed by atoms with Crippen LogP contribution in [0.25, 0.3) is 0 Å². The second-order valence-corrected chi connectivity index (χ2v) is 8.56. The predicted molar refractivity (Wildman–Crippen MR) is 106 cm³/mol. The fraction of sp³-hybridized carbons (Fsp3) is 0.316. The van der Waals surface area contributed by atoms with Crippen LogP contribution in [0.4, 0.5) is 0 Å². The molecule has 0 aromatic heterocycles. The Balaban J connectivity index is 1.75. The maximum absolute atomic E-state index is 12.2. The first-order valence-corrected chi connectivity index (χ1v) is 10.9. The van der Waals surface area contributed by atoms with E-state index in [2.05, 4.69) is 4.72 Å². The van der Waals surface area contributed by atoms with E-state index in [0.717, 1.165) is 10.5 Å². The molecule has 146 valence electrons. The molecule has 2 aromatic carbocycles. The van der Waals surface area contributed by atoms with Crippen LogP contribution in [0.1, 0.15) is 12.5 Å². The monoisotopic (exact) mass is 409 g/mol. The Morgan fingerprint density at radius 3 is 2.37 bits per heavy atom. The largest absolute Gasteiger partial charge is 0.482 e. The van der Waals surface area contributed by atoms with Crippen LogP contribution in [-0.2, 0) is 19.6 Å². The van der Waals surface area contributed by atoms with Crippen LogP contribution in [0, 0.1) is 6.92 Å². The molecule has 6 nitrogen and oxygen atoms in total. The Morgan fingerprint density at radius 2 is 1.74 bits per heavy atom. The van der Waals surface area contributed by atoms with Crippen LogP contribution < -0.4 is 9.46 Å². The maximum atomic E-state index is 12.2. The molecule has 0 radical (unpaired) electrons. The summed E-state index contributed by atoms with van der Waals surface area (Å²) in [6.07, 6.45) is 0. The van der Waals surface area contributed by atoms with E-state index in [0.29, 0.717) is 24.7 Å². The molecule has 0 amide bonds. The Labute approximate surface area is 164 Å². The summed E-state index contributed by atoms with van der Waals surface area (Å²) >= 11 is 1.53. The Morgan fingerprint density at radius 1 is 1.07 bits per heavy atom. The highest BCUT2D eigenvalue weighted by molar-refractivity contribution is 7.99. The van der Waals surface area contributed by atoms with Crippen molar-refractivity contribution < 1.29 is 22.7 Å². The fourth-order valence-electron chi connectivity index (χ4n) is 2.12. The minimum atomic E-state index is -3.49. The number of hydrogen-bond acceptors (Lipinski definition) is 6. The molecule has 0 saturated heterocycles. The second-order valence-electron chi connectivity index (χ2n) is 5.62. The molecular formula is C19H23NO5S2. The van der Waals surface area contributed by atoms with Gasteiger partial charge < -0.3 is 9.47 Å². The van der Waals surface area contributed by atoms with Crippen LogP contribution in [0.2, 0.25) is 0 Å². The van der Waals surface area contributed by atoms with Gasteiger partial charge in [0.25, 0.3) is 0 Å². The van der Waals surface area contributed by atoms with Crippen LogP contribution in [0.5, 0.6) is 5.75 Å². The quantitative estimate of drug-likeness (QED) is 0.369. The lowest BCUT2D eigenvalue weighted by molar-refractivity contribution is -0.145. The maximum Gasteiger partial charge on any atom is 0.344 e. The van der Waals surface area contributed by atoms with E-state index in [4.69, 9.17) is 9.47 Å². The Bertz CT molecular complexity index is 833. The lowest BCUT2D eigenvalue weighted by atomic mass is 10.2. The molecule has 0 atom stereocenters. The number of hydrogen-bond donors (Lipinski definition) is 1. The molecular weight excluding hydrogens is 386 g/mol. The van der Waals surface area contributed by atoms with E-state index in [9.17, 15) is 13.2 Å². The van der Waals surface area contributed by atoms with Gasteiger partial charge in [-0.15, -0.1) is 11.8 Å². The van der Waals surface area contributed by atoms with Gasteiger partial charge in [-0.1, -0.05) is 17.7 Å². The van der Waals surface area contributed by atoms with Crippen molar-refractivity contribution in [3.63, 3.8) is 0 Å². The minimum Gasteiger partial charge on any atom is -0.482 e. The molecule has 0 spiro atoms. The normalized spacial score (nSPS) is 11.2. The van der Waals surface area contributed by atoms with Gasteiger partial charge in [0.15, 0.2) is 6.61 Å². The standard InChI is InChI=1S/C19H23NO5S2/c1-3-24-19(21)14-25-16-6-8-17(9-7-16)26-13-12-20-27(22,23)18-10-4-15(2)5-11-18/h4-11,20H,3,12-14H2,1-2H3. The van der Waals surface area contributed by atoms with Crippen molar-refractivity contribution in [1.29, 1.82) is 0 Å².